The van der Waals surface area contributed by atoms with Gasteiger partial charge in [0.2, 0.25) is 5.95 Å². The summed E-state index contributed by atoms with van der Waals surface area (Å²) in [7, 11) is 3.76. The van der Waals surface area contributed by atoms with Crippen molar-refractivity contribution >= 4 is 5.95 Å². The van der Waals surface area contributed by atoms with Gasteiger partial charge in [0.1, 0.15) is 5.75 Å². The molecule has 1 heterocycles. The second kappa shape index (κ2) is 5.53. The number of nitrogens with one attached hydrogen (secondary N) is 1. The fourth-order valence-electron chi connectivity index (χ4n) is 1.74. The number of hydrogen-bond acceptors (Lipinski definition) is 4. The molecule has 1 aromatic carbocycles. The molecule has 18 heavy (non-hydrogen) atoms. The van der Waals surface area contributed by atoms with E-state index in [1.54, 1.807) is 0 Å². The van der Waals surface area contributed by atoms with E-state index < -0.39 is 0 Å². The normalized spacial score (nSPS) is 10.4. The van der Waals surface area contributed by atoms with Gasteiger partial charge in [0.15, 0.2) is 5.82 Å². The Labute approximate surface area is 107 Å². The SMILES string of the molecule is CCCOc1cccc(-c2nnc(NC)n2C)c1. The molecule has 1 aromatic heterocycles. The lowest BCUT2D eigenvalue weighted by Gasteiger charge is -2.07. The van der Waals surface area contributed by atoms with E-state index in [1.165, 1.54) is 0 Å². The monoisotopic (exact) mass is 246 g/mol. The lowest BCUT2D eigenvalue weighted by molar-refractivity contribution is 0.317. The number of hydrogen-bond donors (Lipinski definition) is 1. The zero-order chi connectivity index (χ0) is 13.0. The quantitative estimate of drug-likeness (QED) is 0.879. The van der Waals surface area contributed by atoms with Crippen molar-refractivity contribution in [2.24, 2.45) is 7.05 Å². The van der Waals surface area contributed by atoms with Gasteiger partial charge in [-0.25, -0.2) is 0 Å². The lowest BCUT2D eigenvalue weighted by Crippen LogP contribution is -2.00. The Morgan fingerprint density at radius 1 is 1.33 bits per heavy atom. The molecule has 5 nitrogen and oxygen atoms in total. The summed E-state index contributed by atoms with van der Waals surface area (Å²) in [5.41, 5.74) is 1.00. The van der Waals surface area contributed by atoms with Crippen LogP contribution in [0, 0.1) is 0 Å². The van der Waals surface area contributed by atoms with E-state index in [9.17, 15) is 0 Å². The molecule has 0 spiro atoms. The Kier molecular flexibility index (Phi) is 3.82. The van der Waals surface area contributed by atoms with Crippen molar-refractivity contribution in [3.05, 3.63) is 24.3 Å². The zero-order valence-electron chi connectivity index (χ0n) is 11.0. The van der Waals surface area contributed by atoms with Crippen molar-refractivity contribution in [1.29, 1.82) is 0 Å². The number of anilines is 1. The first kappa shape index (κ1) is 12.4. The maximum Gasteiger partial charge on any atom is 0.224 e. The summed E-state index contributed by atoms with van der Waals surface area (Å²) >= 11 is 0. The molecule has 0 fully saturated rings. The number of ether oxygens (including phenoxy) is 1. The van der Waals surface area contributed by atoms with Gasteiger partial charge in [0.05, 0.1) is 6.61 Å². The van der Waals surface area contributed by atoms with E-state index in [-0.39, 0.29) is 0 Å². The van der Waals surface area contributed by atoms with E-state index in [0.717, 1.165) is 36.1 Å². The first-order chi connectivity index (χ1) is 8.76. The van der Waals surface area contributed by atoms with Crippen LogP contribution in [0.5, 0.6) is 5.75 Å². The van der Waals surface area contributed by atoms with Crippen molar-refractivity contribution in [2.75, 3.05) is 19.0 Å². The Morgan fingerprint density at radius 2 is 2.17 bits per heavy atom. The van der Waals surface area contributed by atoms with Crippen LogP contribution < -0.4 is 10.1 Å². The number of aromatic nitrogens is 3. The summed E-state index contributed by atoms with van der Waals surface area (Å²) in [6.07, 6.45) is 0.998. The first-order valence-electron chi connectivity index (χ1n) is 6.06. The van der Waals surface area contributed by atoms with Gasteiger partial charge in [-0.15, -0.1) is 10.2 Å². The Hall–Kier alpha value is -2.04. The molecule has 0 saturated carbocycles. The second-order valence-electron chi connectivity index (χ2n) is 4.03. The maximum absolute atomic E-state index is 5.62. The molecule has 2 aromatic rings. The van der Waals surface area contributed by atoms with Gasteiger partial charge >= 0.3 is 0 Å². The van der Waals surface area contributed by atoms with Crippen LogP contribution >= 0.6 is 0 Å². The van der Waals surface area contributed by atoms with E-state index >= 15 is 0 Å². The molecule has 0 aliphatic heterocycles. The van der Waals surface area contributed by atoms with Gasteiger partial charge in [-0.2, -0.15) is 0 Å². The summed E-state index contributed by atoms with van der Waals surface area (Å²) in [4.78, 5) is 0. The molecule has 0 amide bonds. The van der Waals surface area contributed by atoms with Crippen molar-refractivity contribution in [2.45, 2.75) is 13.3 Å². The number of rotatable bonds is 5. The van der Waals surface area contributed by atoms with Gasteiger partial charge in [-0.3, -0.25) is 4.57 Å². The largest absolute Gasteiger partial charge is 0.494 e. The van der Waals surface area contributed by atoms with Crippen molar-refractivity contribution in [3.8, 4) is 17.1 Å². The molecule has 0 bridgehead atoms. The average Bonchev–Trinajstić information content (AvgIpc) is 2.78. The Balaban J connectivity index is 2.29. The Bertz CT molecular complexity index is 521. The molecule has 96 valence electrons. The predicted octanol–water partition coefficient (Wildman–Crippen LogP) is 2.31. The van der Waals surface area contributed by atoms with Gasteiger partial charge in [-0.05, 0) is 18.6 Å². The molecule has 0 radical (unpaired) electrons. The molecule has 0 saturated heterocycles. The minimum Gasteiger partial charge on any atom is -0.494 e. The highest BCUT2D eigenvalue weighted by Crippen LogP contribution is 2.23. The highest BCUT2D eigenvalue weighted by molar-refractivity contribution is 5.59. The highest BCUT2D eigenvalue weighted by Gasteiger charge is 2.09. The van der Waals surface area contributed by atoms with Crippen LogP contribution in [0.15, 0.2) is 24.3 Å². The van der Waals surface area contributed by atoms with Gasteiger partial charge in [-0.1, -0.05) is 19.1 Å². The molecule has 0 aliphatic rings. The summed E-state index contributed by atoms with van der Waals surface area (Å²) in [5, 5.41) is 11.2. The van der Waals surface area contributed by atoms with E-state index in [1.807, 2.05) is 42.9 Å². The molecule has 2 rings (SSSR count). The average molecular weight is 246 g/mol. The number of nitrogens with zero attached hydrogens (tertiary/aromatic N) is 3. The molecule has 0 atom stereocenters. The minimum atomic E-state index is 0.726. The predicted molar refractivity (Wildman–Crippen MR) is 71.8 cm³/mol. The fraction of sp³-hybridized carbons (Fsp3) is 0.385. The lowest BCUT2D eigenvalue weighted by atomic mass is 10.2. The second-order valence-corrected chi connectivity index (χ2v) is 4.03. The third kappa shape index (κ3) is 2.45. The van der Waals surface area contributed by atoms with Crippen LogP contribution in [0.3, 0.4) is 0 Å². The van der Waals surface area contributed by atoms with Crippen molar-refractivity contribution < 1.29 is 4.74 Å². The molecule has 0 aliphatic carbocycles. The van der Waals surface area contributed by atoms with Crippen molar-refractivity contribution in [3.63, 3.8) is 0 Å². The Morgan fingerprint density at radius 3 is 2.83 bits per heavy atom. The third-order valence-electron chi connectivity index (χ3n) is 2.66. The standard InChI is InChI=1S/C13H18N4O/c1-4-8-18-11-7-5-6-10(9-11)12-15-16-13(14-2)17(12)3/h5-7,9H,4,8H2,1-3H3,(H,14,16). The highest BCUT2D eigenvalue weighted by atomic mass is 16.5. The van der Waals surface area contributed by atoms with Crippen molar-refractivity contribution in [1.82, 2.24) is 14.8 Å². The van der Waals surface area contributed by atoms with Gasteiger partial charge in [0.25, 0.3) is 0 Å². The molecular formula is C13H18N4O. The molecule has 1 N–H and O–H groups in total. The van der Waals surface area contributed by atoms with Crippen LogP contribution in [0.1, 0.15) is 13.3 Å². The summed E-state index contributed by atoms with van der Waals surface area (Å²) in [6, 6.07) is 7.91. The summed E-state index contributed by atoms with van der Waals surface area (Å²) < 4.78 is 7.53. The first-order valence-corrected chi connectivity index (χ1v) is 6.06. The number of benzene rings is 1. The summed E-state index contributed by atoms with van der Waals surface area (Å²) in [6.45, 7) is 2.82. The van der Waals surface area contributed by atoms with E-state index in [4.69, 9.17) is 4.74 Å². The van der Waals surface area contributed by atoms with Gasteiger partial charge in [0, 0.05) is 19.7 Å². The summed E-state index contributed by atoms with van der Waals surface area (Å²) in [5.74, 6) is 2.43. The fourth-order valence-corrected chi connectivity index (χ4v) is 1.74. The maximum atomic E-state index is 5.62. The van der Waals surface area contributed by atoms with Crippen LogP contribution in [-0.4, -0.2) is 28.4 Å². The minimum absolute atomic E-state index is 0.726. The molecular weight excluding hydrogens is 228 g/mol. The van der Waals surface area contributed by atoms with E-state index in [0.29, 0.717) is 0 Å². The van der Waals surface area contributed by atoms with E-state index in [2.05, 4.69) is 22.4 Å². The van der Waals surface area contributed by atoms with Crippen LogP contribution in [-0.2, 0) is 7.05 Å². The smallest absolute Gasteiger partial charge is 0.224 e. The van der Waals surface area contributed by atoms with Crippen LogP contribution in [0.25, 0.3) is 11.4 Å². The van der Waals surface area contributed by atoms with Gasteiger partial charge < -0.3 is 10.1 Å². The third-order valence-corrected chi connectivity index (χ3v) is 2.66. The molecule has 5 heteroatoms. The van der Waals surface area contributed by atoms with Crippen LogP contribution in [0.4, 0.5) is 5.95 Å². The zero-order valence-corrected chi connectivity index (χ0v) is 11.0. The molecule has 0 unspecified atom stereocenters. The van der Waals surface area contributed by atoms with Crippen LogP contribution in [0.2, 0.25) is 0 Å². The topological polar surface area (TPSA) is 52.0 Å².